The van der Waals surface area contributed by atoms with Crippen LogP contribution in [0.15, 0.2) is 54.6 Å². The number of amides is 4. The molecule has 7 nitrogen and oxygen atoms in total. The Hall–Kier alpha value is -3.48. The molecule has 0 N–H and O–H groups in total. The summed E-state index contributed by atoms with van der Waals surface area (Å²) in [5, 5.41) is 0. The highest BCUT2D eigenvalue weighted by atomic mass is 16.2. The van der Waals surface area contributed by atoms with Gasteiger partial charge in [-0.25, -0.2) is 0 Å². The largest absolute Gasteiger partial charge is 0.306 e. The monoisotopic (exact) mass is 445 g/mol. The first-order chi connectivity index (χ1) is 16.0. The lowest BCUT2D eigenvalue weighted by atomic mass is 10.0. The first-order valence-electron chi connectivity index (χ1n) is 11.6. The Kier molecular flexibility index (Phi) is 5.70. The highest BCUT2D eigenvalue weighted by molar-refractivity contribution is 6.09. The van der Waals surface area contributed by atoms with Gasteiger partial charge in [-0.2, -0.15) is 0 Å². The summed E-state index contributed by atoms with van der Waals surface area (Å²) in [7, 11) is 0. The molecule has 2 atom stereocenters. The molecule has 2 aromatic rings. The van der Waals surface area contributed by atoms with Crippen LogP contribution in [0.2, 0.25) is 0 Å². The van der Waals surface area contributed by atoms with Gasteiger partial charge < -0.3 is 9.80 Å². The van der Waals surface area contributed by atoms with Gasteiger partial charge in [-0.15, -0.1) is 0 Å². The lowest BCUT2D eigenvalue weighted by Gasteiger charge is -2.33. The number of imide groups is 1. The minimum atomic E-state index is -0.308. The van der Waals surface area contributed by atoms with Gasteiger partial charge in [0.2, 0.25) is 23.6 Å². The Morgan fingerprint density at radius 1 is 0.788 bits per heavy atom. The van der Waals surface area contributed by atoms with Gasteiger partial charge in [0.15, 0.2) is 0 Å². The van der Waals surface area contributed by atoms with Crippen LogP contribution < -0.4 is 9.80 Å². The number of piperidine rings is 1. The number of rotatable bonds is 4. The van der Waals surface area contributed by atoms with Crippen LogP contribution in [0.1, 0.15) is 44.1 Å². The molecule has 3 aliphatic rings. The summed E-state index contributed by atoms with van der Waals surface area (Å²) in [6.07, 6.45) is 3.39. The van der Waals surface area contributed by atoms with Crippen molar-refractivity contribution in [1.29, 1.82) is 0 Å². The smallest absolute Gasteiger partial charge is 0.247 e. The molecule has 5 rings (SSSR count). The van der Waals surface area contributed by atoms with Crippen molar-refractivity contribution in [1.82, 2.24) is 4.90 Å². The molecule has 4 amide bonds. The predicted molar refractivity (Wildman–Crippen MR) is 123 cm³/mol. The fourth-order valence-corrected chi connectivity index (χ4v) is 5.37. The summed E-state index contributed by atoms with van der Waals surface area (Å²) < 4.78 is 0. The number of hydrogen-bond acceptors (Lipinski definition) is 4. The van der Waals surface area contributed by atoms with Crippen molar-refractivity contribution in [3.05, 3.63) is 60.2 Å². The van der Waals surface area contributed by atoms with Crippen LogP contribution in [0.4, 0.5) is 11.4 Å². The Balaban J connectivity index is 1.53. The summed E-state index contributed by atoms with van der Waals surface area (Å²) >= 11 is 0. The number of anilines is 2. The van der Waals surface area contributed by atoms with Gasteiger partial charge in [0.25, 0.3) is 0 Å². The molecule has 2 fully saturated rings. The Morgan fingerprint density at radius 3 is 2.18 bits per heavy atom. The van der Waals surface area contributed by atoms with Gasteiger partial charge in [-0.05, 0) is 37.0 Å². The lowest BCUT2D eigenvalue weighted by Crippen LogP contribution is -2.51. The van der Waals surface area contributed by atoms with Crippen LogP contribution in [0.3, 0.4) is 0 Å². The van der Waals surface area contributed by atoms with E-state index in [2.05, 4.69) is 0 Å². The Labute approximate surface area is 193 Å². The van der Waals surface area contributed by atoms with Gasteiger partial charge in [0.05, 0.1) is 23.8 Å². The third kappa shape index (κ3) is 3.92. The zero-order valence-electron chi connectivity index (χ0n) is 18.5. The number of carbonyl (C=O) groups excluding carboxylic acids is 4. The van der Waals surface area contributed by atoms with E-state index in [4.69, 9.17) is 0 Å². The predicted octanol–water partition coefficient (Wildman–Crippen LogP) is 3.27. The van der Waals surface area contributed by atoms with E-state index in [-0.39, 0.29) is 55.0 Å². The van der Waals surface area contributed by atoms with E-state index in [0.29, 0.717) is 30.8 Å². The van der Waals surface area contributed by atoms with Crippen LogP contribution in [0, 0.1) is 5.92 Å². The molecule has 0 bridgehead atoms. The standard InChI is InChI=1S/C26H27N3O4/c30-23-14-7-15-24(31)28(23)17-25(32)29-20-13-6-10-19(20)26(33)27(16-18-8-2-1-3-9-18)21-11-4-5-12-22(21)29/h1-5,8-9,11-12,19-20H,6-7,10,13-17H2. The average Bonchev–Trinajstić information content (AvgIpc) is 3.27. The quantitative estimate of drug-likeness (QED) is 0.677. The van der Waals surface area contributed by atoms with E-state index in [0.717, 1.165) is 23.3 Å². The minimum Gasteiger partial charge on any atom is -0.306 e. The van der Waals surface area contributed by atoms with Crippen molar-refractivity contribution in [3.8, 4) is 0 Å². The van der Waals surface area contributed by atoms with Crippen LogP contribution in [0.25, 0.3) is 0 Å². The van der Waals surface area contributed by atoms with E-state index < -0.39 is 0 Å². The van der Waals surface area contributed by atoms with E-state index in [9.17, 15) is 19.2 Å². The molecule has 2 aliphatic heterocycles. The number of hydrogen-bond donors (Lipinski definition) is 0. The molecule has 0 spiro atoms. The number of benzene rings is 2. The molecule has 0 radical (unpaired) electrons. The van der Waals surface area contributed by atoms with Crippen LogP contribution >= 0.6 is 0 Å². The third-order valence-corrected chi connectivity index (χ3v) is 6.96. The van der Waals surface area contributed by atoms with Gasteiger partial charge in [-0.1, -0.05) is 48.9 Å². The zero-order valence-corrected chi connectivity index (χ0v) is 18.5. The average molecular weight is 446 g/mol. The molecule has 0 aromatic heterocycles. The molecule has 170 valence electrons. The number of nitrogens with zero attached hydrogens (tertiary/aromatic N) is 3. The van der Waals surface area contributed by atoms with Crippen LogP contribution in [-0.2, 0) is 25.7 Å². The second-order valence-electron chi connectivity index (χ2n) is 8.99. The maximum atomic E-state index is 13.7. The minimum absolute atomic E-state index is 0.0224. The van der Waals surface area contributed by atoms with Crippen LogP contribution in [0.5, 0.6) is 0 Å². The van der Waals surface area contributed by atoms with Crippen molar-refractivity contribution in [2.75, 3.05) is 16.3 Å². The molecule has 1 saturated heterocycles. The molecule has 1 aliphatic carbocycles. The molecule has 1 saturated carbocycles. The highest BCUT2D eigenvalue weighted by Gasteiger charge is 2.46. The summed E-state index contributed by atoms with van der Waals surface area (Å²) in [6, 6.07) is 17.0. The van der Waals surface area contributed by atoms with E-state index >= 15 is 0 Å². The first-order valence-corrected chi connectivity index (χ1v) is 11.6. The number of para-hydroxylation sites is 2. The van der Waals surface area contributed by atoms with Gasteiger partial charge >= 0.3 is 0 Å². The third-order valence-electron chi connectivity index (χ3n) is 6.96. The molecular weight excluding hydrogens is 418 g/mol. The van der Waals surface area contributed by atoms with Crippen molar-refractivity contribution in [2.24, 2.45) is 5.92 Å². The van der Waals surface area contributed by atoms with Gasteiger partial charge in [-0.3, -0.25) is 24.1 Å². The highest BCUT2D eigenvalue weighted by Crippen LogP contribution is 2.43. The Bertz CT molecular complexity index is 1080. The van der Waals surface area contributed by atoms with Gasteiger partial charge in [0.1, 0.15) is 6.54 Å². The SMILES string of the molecule is O=C1CCCC(=O)N1CC(=O)N1c2ccccc2N(Cc2ccccc2)C(=O)C2CCCC21. The molecule has 7 heteroatoms. The summed E-state index contributed by atoms with van der Waals surface area (Å²) in [5.41, 5.74) is 2.36. The number of carbonyl (C=O) groups is 4. The molecule has 2 unspecified atom stereocenters. The molecule has 2 aromatic carbocycles. The summed E-state index contributed by atoms with van der Waals surface area (Å²) in [5.74, 6) is -1.19. The van der Waals surface area contributed by atoms with Crippen molar-refractivity contribution >= 4 is 35.0 Å². The summed E-state index contributed by atoms with van der Waals surface area (Å²) in [4.78, 5) is 56.6. The Morgan fingerprint density at radius 2 is 1.45 bits per heavy atom. The fraction of sp³-hybridized carbons (Fsp3) is 0.385. The second-order valence-corrected chi connectivity index (χ2v) is 8.99. The van der Waals surface area contributed by atoms with Crippen molar-refractivity contribution in [2.45, 2.75) is 51.1 Å². The van der Waals surface area contributed by atoms with E-state index in [1.807, 2.05) is 54.6 Å². The topological polar surface area (TPSA) is 78.0 Å². The van der Waals surface area contributed by atoms with Crippen molar-refractivity contribution < 1.29 is 19.2 Å². The van der Waals surface area contributed by atoms with E-state index in [1.54, 1.807) is 9.80 Å². The second kappa shape index (κ2) is 8.81. The number of likely N-dealkylation sites (tertiary alicyclic amines) is 1. The van der Waals surface area contributed by atoms with Gasteiger partial charge in [0, 0.05) is 18.9 Å². The van der Waals surface area contributed by atoms with Crippen LogP contribution in [-0.4, -0.2) is 41.1 Å². The summed E-state index contributed by atoms with van der Waals surface area (Å²) in [6.45, 7) is 0.146. The first kappa shape index (κ1) is 21.4. The fourth-order valence-electron chi connectivity index (χ4n) is 5.37. The molecular formula is C26H27N3O4. The molecule has 2 heterocycles. The maximum Gasteiger partial charge on any atom is 0.247 e. The lowest BCUT2D eigenvalue weighted by molar-refractivity contribution is -0.150. The normalized spacial score (nSPS) is 22.8. The zero-order chi connectivity index (χ0) is 22.9. The number of fused-ring (bicyclic) bond motifs is 2. The van der Waals surface area contributed by atoms with Crippen molar-refractivity contribution in [3.63, 3.8) is 0 Å². The molecule has 33 heavy (non-hydrogen) atoms. The maximum absolute atomic E-state index is 13.7. The van der Waals surface area contributed by atoms with E-state index in [1.165, 1.54) is 0 Å².